The van der Waals surface area contributed by atoms with Crippen molar-refractivity contribution in [2.45, 2.75) is 181 Å². The number of aliphatic hydroxyl groups is 4. The fraction of sp³-hybridized carbons (Fsp3) is 0.615. The highest BCUT2D eigenvalue weighted by Crippen LogP contribution is 2.45. The van der Waals surface area contributed by atoms with Crippen molar-refractivity contribution in [1.82, 2.24) is 0 Å². The number of carbonyl (C=O) groups excluding carboxylic acids is 4. The number of ether oxygens (including phenoxy) is 8. The predicted molar refractivity (Wildman–Crippen MR) is 264 cm³/mol. The number of ketones is 1. The van der Waals surface area contributed by atoms with Crippen molar-refractivity contribution in [2.75, 3.05) is 13.7 Å². The van der Waals surface area contributed by atoms with E-state index >= 15 is 0 Å². The van der Waals surface area contributed by atoms with Crippen molar-refractivity contribution in [1.29, 1.82) is 0 Å². The van der Waals surface area contributed by atoms with Crippen LogP contribution in [-0.4, -0.2) is 147 Å². The van der Waals surface area contributed by atoms with E-state index in [0.29, 0.717) is 23.1 Å². The number of halogens is 2. The van der Waals surface area contributed by atoms with Crippen LogP contribution < -0.4 is 0 Å². The molecule has 6 N–H and O–H groups in total. The first-order chi connectivity index (χ1) is 33.7. The minimum Gasteiger partial charge on any atom is -0.505 e. The molecule has 1 aromatic carbocycles. The zero-order valence-electron chi connectivity index (χ0n) is 42.9. The molecule has 0 saturated carbocycles. The van der Waals surface area contributed by atoms with Gasteiger partial charge in [0.25, 0.3) is 0 Å². The summed E-state index contributed by atoms with van der Waals surface area (Å²) >= 11 is 12.3. The predicted octanol–water partition coefficient (Wildman–Crippen LogP) is 6.44. The maximum atomic E-state index is 13.9. The molecular formula is C52H72Cl2O18. The summed E-state index contributed by atoms with van der Waals surface area (Å²) < 4.78 is 47.3. The highest BCUT2D eigenvalue weighted by atomic mass is 35.5. The maximum absolute atomic E-state index is 13.9. The highest BCUT2D eigenvalue weighted by Gasteiger charge is 2.53. The smallest absolute Gasteiger partial charge is 0.342 e. The molecule has 0 amide bonds. The number of benzene rings is 1. The first kappa shape index (κ1) is 60.4. The number of phenolic OH excluding ortho intramolecular Hbond substituents is 2. The lowest BCUT2D eigenvalue weighted by Gasteiger charge is -2.47. The number of rotatable bonds is 13. The van der Waals surface area contributed by atoms with Gasteiger partial charge in [-0.1, -0.05) is 86.9 Å². The number of carbonyl (C=O) groups is 4. The molecule has 402 valence electrons. The first-order valence-electron chi connectivity index (χ1n) is 24.0. The molecule has 0 aromatic heterocycles. The molecule has 3 aliphatic heterocycles. The Hall–Kier alpha value is -4.18. The quantitative estimate of drug-likeness (QED) is 0.0705. The van der Waals surface area contributed by atoms with Gasteiger partial charge in [0, 0.05) is 19.4 Å². The Bertz CT molecular complexity index is 2270. The minimum atomic E-state index is -1.62. The van der Waals surface area contributed by atoms with Gasteiger partial charge < -0.3 is 68.5 Å². The van der Waals surface area contributed by atoms with Crippen LogP contribution in [0.2, 0.25) is 10.0 Å². The molecule has 72 heavy (non-hydrogen) atoms. The monoisotopic (exact) mass is 1050 g/mol. The highest BCUT2D eigenvalue weighted by molar-refractivity contribution is 6.39. The summed E-state index contributed by atoms with van der Waals surface area (Å²) in [4.78, 5) is 52.9. The van der Waals surface area contributed by atoms with E-state index in [1.54, 1.807) is 60.6 Å². The molecule has 0 radical (unpaired) electrons. The summed E-state index contributed by atoms with van der Waals surface area (Å²) in [5.41, 5.74) is 0.184. The Balaban J connectivity index is 1.61. The van der Waals surface area contributed by atoms with E-state index in [1.165, 1.54) is 33.1 Å². The lowest BCUT2D eigenvalue weighted by atomic mass is 9.88. The van der Waals surface area contributed by atoms with Crippen molar-refractivity contribution >= 4 is 46.9 Å². The molecule has 20 heteroatoms. The molecule has 3 aliphatic rings. The van der Waals surface area contributed by atoms with E-state index in [2.05, 4.69) is 0 Å². The van der Waals surface area contributed by atoms with Crippen molar-refractivity contribution in [2.24, 2.45) is 11.8 Å². The third kappa shape index (κ3) is 14.6. The summed E-state index contributed by atoms with van der Waals surface area (Å²) in [6.07, 6.45) is -4.94. The minimum absolute atomic E-state index is 0.0305. The Morgan fingerprint density at radius 1 is 0.903 bits per heavy atom. The van der Waals surface area contributed by atoms with E-state index < -0.39 is 143 Å². The van der Waals surface area contributed by atoms with Crippen LogP contribution in [0.4, 0.5) is 0 Å². The Kier molecular flexibility index (Phi) is 22.1. The average molecular weight is 1060 g/mol. The van der Waals surface area contributed by atoms with E-state index in [4.69, 9.17) is 61.1 Å². The second kappa shape index (κ2) is 26.3. The number of cyclic esters (lactones) is 1. The molecule has 0 spiro atoms. The van der Waals surface area contributed by atoms with Crippen molar-refractivity contribution < 1.29 is 87.7 Å². The zero-order valence-corrected chi connectivity index (χ0v) is 44.4. The van der Waals surface area contributed by atoms with Crippen LogP contribution in [0.25, 0.3) is 0 Å². The van der Waals surface area contributed by atoms with E-state index in [-0.39, 0.29) is 35.4 Å². The van der Waals surface area contributed by atoms with Crippen LogP contribution in [0.1, 0.15) is 111 Å². The van der Waals surface area contributed by atoms with Crippen LogP contribution in [0, 0.1) is 11.8 Å². The number of allylic oxidation sites excluding steroid dienone is 4. The Labute approximate surface area is 431 Å². The van der Waals surface area contributed by atoms with Crippen LogP contribution in [-0.2, 0) is 58.7 Å². The largest absolute Gasteiger partial charge is 0.505 e. The molecule has 0 bridgehead atoms. The fourth-order valence-electron chi connectivity index (χ4n) is 8.54. The number of aliphatic hydroxyl groups excluding tert-OH is 4. The van der Waals surface area contributed by atoms with Crippen molar-refractivity contribution in [3.05, 3.63) is 79.9 Å². The van der Waals surface area contributed by atoms with Gasteiger partial charge in [-0.25, -0.2) is 9.59 Å². The van der Waals surface area contributed by atoms with Crippen molar-refractivity contribution in [3.8, 4) is 11.5 Å². The molecule has 2 fully saturated rings. The third-order valence-electron chi connectivity index (χ3n) is 12.9. The average Bonchev–Trinajstić information content (AvgIpc) is 3.32. The van der Waals surface area contributed by atoms with Gasteiger partial charge in [0.15, 0.2) is 48.2 Å². The van der Waals surface area contributed by atoms with Gasteiger partial charge in [0.1, 0.15) is 40.6 Å². The van der Waals surface area contributed by atoms with Gasteiger partial charge in [-0.3, -0.25) is 9.59 Å². The fourth-order valence-corrected chi connectivity index (χ4v) is 9.10. The van der Waals surface area contributed by atoms with Gasteiger partial charge in [0.2, 0.25) is 0 Å². The van der Waals surface area contributed by atoms with Gasteiger partial charge in [-0.05, 0) is 90.5 Å². The van der Waals surface area contributed by atoms with Crippen molar-refractivity contribution in [3.63, 3.8) is 0 Å². The Morgan fingerprint density at radius 2 is 1.57 bits per heavy atom. The Morgan fingerprint density at radius 3 is 2.17 bits per heavy atom. The number of hydrogen-bond donors (Lipinski definition) is 6. The van der Waals surface area contributed by atoms with Gasteiger partial charge in [-0.2, -0.15) is 0 Å². The van der Waals surface area contributed by atoms with Crippen LogP contribution in [0.15, 0.2) is 58.7 Å². The number of esters is 3. The zero-order chi connectivity index (χ0) is 54.1. The molecule has 3 heterocycles. The summed E-state index contributed by atoms with van der Waals surface area (Å²) in [5, 5.41) is 65.6. The SMILES string of the molecule is CCc1c(Cl)c(O)c(Cl)c(O)c1C(=O)O[C@H]1[C@H](O)[C@H](OC)[C@H](OC/C2=C\C=C\C[C@H](O)/C(C)=C/[C@H](CC)[C@@H](O[C@@H]3OC(C)(C)[C@@H](OC(=O)C(C)C)[C@H](O)[C@@H]3O)/C(C)=C/C(C)=C/C[C@@H](C(C)=O)OC2=O)O[C@@H]1C. The molecule has 13 atom stereocenters. The number of methoxy groups -OCH3 is 1. The number of hydrogen-bond acceptors (Lipinski definition) is 18. The van der Waals surface area contributed by atoms with E-state index in [9.17, 15) is 49.8 Å². The van der Waals surface area contributed by atoms with Gasteiger partial charge >= 0.3 is 17.9 Å². The number of Topliss-reactive ketones (excluding diaryl/α,β-unsaturated/α-hetero) is 1. The second-order valence-electron chi connectivity index (χ2n) is 19.2. The molecule has 4 rings (SSSR count). The molecule has 18 nitrogen and oxygen atoms in total. The number of phenols is 2. The molecule has 1 aromatic rings. The summed E-state index contributed by atoms with van der Waals surface area (Å²) in [7, 11) is 1.25. The first-order valence-corrected chi connectivity index (χ1v) is 24.7. The van der Waals surface area contributed by atoms with E-state index in [1.807, 2.05) is 26.0 Å². The van der Waals surface area contributed by atoms with Crippen LogP contribution in [0.3, 0.4) is 0 Å². The second-order valence-corrected chi connectivity index (χ2v) is 19.9. The maximum Gasteiger partial charge on any atom is 0.342 e. The number of aromatic hydroxyl groups is 2. The van der Waals surface area contributed by atoms with Crippen LogP contribution in [0.5, 0.6) is 11.5 Å². The topological polar surface area (TPSA) is 263 Å². The summed E-state index contributed by atoms with van der Waals surface area (Å²) in [5.74, 6) is -5.34. The van der Waals surface area contributed by atoms with E-state index in [0.717, 1.165) is 0 Å². The lowest BCUT2D eigenvalue weighted by molar-refractivity contribution is -0.333. The third-order valence-corrected chi connectivity index (χ3v) is 13.6. The normalized spacial score (nSPS) is 34.3. The molecule has 2 saturated heterocycles. The molecule has 0 aliphatic carbocycles. The standard InChI is InChI=1S/C52H72Cl2O18/c1-13-30-22-26(6)33(56)18-16-15-17-31(23-66-51-45(65-12)42(61)44(29(9)67-51)69-49(64)35-32(14-2)36(53)39(58)37(54)38(35)57)48(63)68-34(28(8)55)20-19-25(5)21-27(7)43(30)70-50-41(60)40(59)46(52(10,11)72-50)71-47(62)24(3)4/h15-17,19,21-22,24,29-30,33-34,40-46,50-51,56-61H,13-14,18,20,23H2,1-12H3/b16-15+,25-19+,26-22+,27-21+,31-17+/t29-,30+,33+,34+,40-,41+,42+,43+,44-,45+,46+,50-,51-/m1/s1. The summed E-state index contributed by atoms with van der Waals surface area (Å²) in [6.45, 7) is 17.7. The summed E-state index contributed by atoms with van der Waals surface area (Å²) in [6, 6.07) is 0. The van der Waals surface area contributed by atoms with Crippen LogP contribution >= 0.6 is 23.2 Å². The van der Waals surface area contributed by atoms with Gasteiger partial charge in [0.05, 0.1) is 41.4 Å². The molecular weight excluding hydrogens is 983 g/mol. The lowest BCUT2D eigenvalue weighted by Crippen LogP contribution is -2.64. The molecule has 0 unspecified atom stereocenters. The van der Waals surface area contributed by atoms with Gasteiger partial charge in [-0.15, -0.1) is 0 Å².